The molecule has 2 aromatic carbocycles. The summed E-state index contributed by atoms with van der Waals surface area (Å²) in [6.45, 7) is 0.675. The number of ether oxygens (including phenoxy) is 1. The minimum absolute atomic E-state index is 0.00843. The van der Waals surface area contributed by atoms with Gasteiger partial charge in [0.05, 0.1) is 43.3 Å². The molecule has 0 aliphatic carbocycles. The van der Waals surface area contributed by atoms with Gasteiger partial charge in [-0.15, -0.1) is 0 Å². The molecule has 1 fully saturated rings. The van der Waals surface area contributed by atoms with Gasteiger partial charge in [0.2, 0.25) is 0 Å². The molecule has 0 saturated carbocycles. The first-order valence-corrected chi connectivity index (χ1v) is 15.6. The normalized spacial score (nSPS) is 17.6. The number of halogens is 6. The zero-order valence-corrected chi connectivity index (χ0v) is 25.3. The van der Waals surface area contributed by atoms with Crippen LogP contribution in [0, 0.1) is 23.6 Å². The lowest BCUT2D eigenvalue weighted by Gasteiger charge is -2.37. The predicted molar refractivity (Wildman–Crippen MR) is 155 cm³/mol. The zero-order chi connectivity index (χ0) is 33.1. The molecule has 0 radical (unpaired) electrons. The Labute approximate surface area is 255 Å². The number of sulfone groups is 1. The van der Waals surface area contributed by atoms with Gasteiger partial charge in [-0.05, 0) is 30.5 Å². The van der Waals surface area contributed by atoms with Gasteiger partial charge in [-0.3, -0.25) is 9.69 Å². The summed E-state index contributed by atoms with van der Waals surface area (Å²) in [5.74, 6) is 3.82. The van der Waals surface area contributed by atoms with Crippen molar-refractivity contribution in [2.24, 2.45) is 5.92 Å². The van der Waals surface area contributed by atoms with E-state index < -0.39 is 45.6 Å². The van der Waals surface area contributed by atoms with Crippen molar-refractivity contribution in [2.45, 2.75) is 43.4 Å². The molecular formula is C29H31F6N5O4S. The molecule has 2 atom stereocenters. The highest BCUT2D eigenvalue weighted by Gasteiger charge is 2.31. The second-order valence-electron chi connectivity index (χ2n) is 10.8. The lowest BCUT2D eigenvalue weighted by Crippen LogP contribution is -2.50. The molecule has 16 heteroatoms. The highest BCUT2D eigenvalue weighted by Crippen LogP contribution is 2.30. The molecule has 1 aliphatic rings. The van der Waals surface area contributed by atoms with E-state index in [0.29, 0.717) is 19.5 Å². The third-order valence-electron chi connectivity index (χ3n) is 7.28. The topological polar surface area (TPSA) is 106 Å². The molecule has 45 heavy (non-hydrogen) atoms. The van der Waals surface area contributed by atoms with Crippen molar-refractivity contribution in [3.63, 3.8) is 0 Å². The van der Waals surface area contributed by atoms with E-state index in [2.05, 4.69) is 27.5 Å². The number of rotatable bonds is 9. The Morgan fingerprint density at radius 1 is 1.22 bits per heavy atom. The Hall–Kier alpha value is -3.97. The first-order chi connectivity index (χ1) is 21.1. The van der Waals surface area contributed by atoms with Crippen LogP contribution in [0.1, 0.15) is 29.3 Å². The number of carbonyl (C=O) groups excluding carboxylic acids is 1. The van der Waals surface area contributed by atoms with E-state index in [1.165, 1.54) is 19.2 Å². The quantitative estimate of drug-likeness (QED) is 0.261. The molecule has 2 N–H and O–H groups in total. The fourth-order valence-electron chi connectivity index (χ4n) is 5.19. The summed E-state index contributed by atoms with van der Waals surface area (Å²) in [7, 11) is -2.62. The van der Waals surface area contributed by atoms with E-state index >= 15 is 0 Å². The predicted octanol–water partition coefficient (Wildman–Crippen LogP) is 4.32. The van der Waals surface area contributed by atoms with Gasteiger partial charge in [-0.1, -0.05) is 18.8 Å². The van der Waals surface area contributed by atoms with Crippen molar-refractivity contribution in [1.29, 1.82) is 0 Å². The number of nitrogens with one attached hydrogen (secondary N) is 2. The van der Waals surface area contributed by atoms with Crippen LogP contribution in [0.3, 0.4) is 0 Å². The SMILES string of the molecule is COc1cc(F)c(S(C)(=O)=O)cc1NCC#Cc1cc(C(=O)N[C@H]2CCN(CC(F)F)C[C@@H]2C)c2ncn(CC(F)(F)F)c2c1. The summed E-state index contributed by atoms with van der Waals surface area (Å²) in [4.78, 5) is 18.6. The number of fused-ring (bicyclic) bond motifs is 1. The summed E-state index contributed by atoms with van der Waals surface area (Å²) in [5, 5.41) is 5.71. The number of amides is 1. The van der Waals surface area contributed by atoms with E-state index in [1.807, 2.05) is 6.92 Å². The van der Waals surface area contributed by atoms with Crippen molar-refractivity contribution < 1.29 is 44.3 Å². The van der Waals surface area contributed by atoms with Gasteiger partial charge in [0.15, 0.2) is 9.84 Å². The molecule has 2 heterocycles. The van der Waals surface area contributed by atoms with Gasteiger partial charge in [0, 0.05) is 37.0 Å². The maximum Gasteiger partial charge on any atom is 0.406 e. The molecule has 1 amide bonds. The van der Waals surface area contributed by atoms with Crippen molar-refractivity contribution in [3.8, 4) is 17.6 Å². The van der Waals surface area contributed by atoms with Crippen LogP contribution in [-0.2, 0) is 16.4 Å². The monoisotopic (exact) mass is 659 g/mol. The van der Waals surface area contributed by atoms with Crippen LogP contribution >= 0.6 is 0 Å². The van der Waals surface area contributed by atoms with Crippen LogP contribution in [0.25, 0.3) is 11.0 Å². The molecule has 4 rings (SSSR count). The summed E-state index contributed by atoms with van der Waals surface area (Å²) in [6, 6.07) is 4.38. The Balaban J connectivity index is 1.61. The summed E-state index contributed by atoms with van der Waals surface area (Å²) in [6.07, 6.45) is -4.80. The Morgan fingerprint density at radius 3 is 2.58 bits per heavy atom. The number of hydrogen-bond donors (Lipinski definition) is 2. The van der Waals surface area contributed by atoms with Gasteiger partial charge >= 0.3 is 6.18 Å². The van der Waals surface area contributed by atoms with Crippen LogP contribution in [0.5, 0.6) is 5.75 Å². The molecule has 244 valence electrons. The lowest BCUT2D eigenvalue weighted by atomic mass is 9.93. The smallest absolute Gasteiger partial charge is 0.406 e. The van der Waals surface area contributed by atoms with E-state index in [9.17, 15) is 39.6 Å². The highest BCUT2D eigenvalue weighted by molar-refractivity contribution is 7.90. The molecular weight excluding hydrogens is 628 g/mol. The number of piperidine rings is 1. The first-order valence-electron chi connectivity index (χ1n) is 13.7. The number of carbonyl (C=O) groups is 1. The number of aromatic nitrogens is 2. The fourth-order valence-corrected chi connectivity index (χ4v) is 5.94. The van der Waals surface area contributed by atoms with E-state index in [4.69, 9.17) is 4.74 Å². The van der Waals surface area contributed by atoms with Gasteiger partial charge < -0.3 is 19.9 Å². The summed E-state index contributed by atoms with van der Waals surface area (Å²) < 4.78 is 110. The second-order valence-corrected chi connectivity index (χ2v) is 12.8. The largest absolute Gasteiger partial charge is 0.494 e. The molecule has 3 aromatic rings. The van der Waals surface area contributed by atoms with Crippen LogP contribution in [0.15, 0.2) is 35.5 Å². The van der Waals surface area contributed by atoms with Crippen molar-refractivity contribution in [3.05, 3.63) is 47.5 Å². The molecule has 1 saturated heterocycles. The standard InChI is InChI=1S/C29H31F6N5O4S/c1-17-13-39(14-26(31)32)8-6-21(17)38-28(41)19-9-18(10-23-27(19)37-16-40(23)15-29(33,34)35)5-4-7-36-22-12-25(45(3,42)43)20(30)11-24(22)44-2/h9-12,16-17,21,26,36H,6-8,13-15H2,1-3H3,(H,38,41)/t17-,21-/m0/s1. The average molecular weight is 660 g/mol. The Morgan fingerprint density at radius 2 is 1.96 bits per heavy atom. The van der Waals surface area contributed by atoms with E-state index in [1.54, 1.807) is 4.90 Å². The Kier molecular flexibility index (Phi) is 10.2. The van der Waals surface area contributed by atoms with Crippen LogP contribution in [-0.4, -0.2) is 87.0 Å². The molecule has 0 bridgehead atoms. The number of anilines is 1. The van der Waals surface area contributed by atoms with Crippen molar-refractivity contribution in [1.82, 2.24) is 19.8 Å². The number of hydrogen-bond acceptors (Lipinski definition) is 7. The molecule has 1 aliphatic heterocycles. The first kappa shape index (κ1) is 33.9. The van der Waals surface area contributed by atoms with Gasteiger partial charge in [0.25, 0.3) is 12.3 Å². The molecule has 0 spiro atoms. The van der Waals surface area contributed by atoms with E-state index in [0.717, 1.165) is 29.3 Å². The highest BCUT2D eigenvalue weighted by atomic mass is 32.2. The maximum absolute atomic E-state index is 14.2. The fraction of sp³-hybridized carbons (Fsp3) is 0.448. The van der Waals surface area contributed by atoms with Crippen LogP contribution in [0.2, 0.25) is 0 Å². The number of imidazole rings is 1. The third-order valence-corrected chi connectivity index (χ3v) is 8.39. The van der Waals surface area contributed by atoms with Crippen LogP contribution < -0.4 is 15.4 Å². The van der Waals surface area contributed by atoms with E-state index in [-0.39, 0.29) is 58.6 Å². The van der Waals surface area contributed by atoms with Crippen molar-refractivity contribution >= 4 is 32.5 Å². The number of methoxy groups -OCH3 is 1. The van der Waals surface area contributed by atoms with Crippen molar-refractivity contribution in [2.75, 3.05) is 44.9 Å². The van der Waals surface area contributed by atoms with Gasteiger partial charge in [-0.25, -0.2) is 26.6 Å². The number of likely N-dealkylation sites (tertiary alicyclic amines) is 1. The number of benzene rings is 2. The lowest BCUT2D eigenvalue weighted by molar-refractivity contribution is -0.140. The Bertz CT molecular complexity index is 1730. The third kappa shape index (κ3) is 8.60. The van der Waals surface area contributed by atoms with Gasteiger partial charge in [-0.2, -0.15) is 13.2 Å². The molecule has 0 unspecified atom stereocenters. The summed E-state index contributed by atoms with van der Waals surface area (Å²) in [5.41, 5.74) is 0.385. The average Bonchev–Trinajstić information content (AvgIpc) is 3.32. The molecule has 1 aromatic heterocycles. The summed E-state index contributed by atoms with van der Waals surface area (Å²) >= 11 is 0. The van der Waals surface area contributed by atoms with Crippen LogP contribution in [0.4, 0.5) is 32.0 Å². The second kappa shape index (κ2) is 13.6. The molecule has 9 nitrogen and oxygen atoms in total. The number of nitrogens with zero attached hydrogens (tertiary/aromatic N) is 3. The number of alkyl halides is 5. The minimum atomic E-state index is -4.57. The minimum Gasteiger partial charge on any atom is -0.494 e. The zero-order valence-electron chi connectivity index (χ0n) is 24.5. The maximum atomic E-state index is 14.2. The van der Waals surface area contributed by atoms with Gasteiger partial charge in [0.1, 0.15) is 28.5 Å².